The van der Waals surface area contributed by atoms with Crippen LogP contribution in [0.4, 0.5) is 5.69 Å². The van der Waals surface area contributed by atoms with Crippen LogP contribution in [0.1, 0.15) is 54.4 Å². The number of hydrogen-bond donors (Lipinski definition) is 2. The summed E-state index contributed by atoms with van der Waals surface area (Å²) in [4.78, 5) is 24.2. The molecule has 1 heterocycles. The van der Waals surface area contributed by atoms with Gasteiger partial charge in [-0.05, 0) is 68.4 Å². The van der Waals surface area contributed by atoms with E-state index in [4.69, 9.17) is 0 Å². The Labute approximate surface area is 188 Å². The summed E-state index contributed by atoms with van der Waals surface area (Å²) in [7, 11) is -3.80. The number of nitrogens with one attached hydrogen (secondary N) is 1. The lowest BCUT2D eigenvalue weighted by Gasteiger charge is -2.30. The lowest BCUT2D eigenvalue weighted by Crippen LogP contribution is -2.36. The van der Waals surface area contributed by atoms with E-state index in [1.807, 2.05) is 24.3 Å². The zero-order valence-corrected chi connectivity index (χ0v) is 18.7. The summed E-state index contributed by atoms with van der Waals surface area (Å²) in [6.45, 7) is 0.405. The highest BCUT2D eigenvalue weighted by Gasteiger charge is 2.30. The normalized spacial score (nSPS) is 21.3. The molecule has 0 radical (unpaired) electrons. The van der Waals surface area contributed by atoms with Crippen molar-refractivity contribution in [3.63, 3.8) is 0 Å². The Hall–Kier alpha value is -2.87. The van der Waals surface area contributed by atoms with Gasteiger partial charge in [0.1, 0.15) is 0 Å². The van der Waals surface area contributed by atoms with Gasteiger partial charge in [-0.3, -0.25) is 13.9 Å². The molecule has 0 saturated heterocycles. The molecule has 2 atom stereocenters. The van der Waals surface area contributed by atoms with Gasteiger partial charge in [-0.25, -0.2) is 8.42 Å². The Morgan fingerprint density at radius 2 is 1.78 bits per heavy atom. The van der Waals surface area contributed by atoms with Crippen LogP contribution in [0.15, 0.2) is 53.4 Å². The monoisotopic (exact) mass is 456 g/mol. The van der Waals surface area contributed by atoms with E-state index in [0.717, 1.165) is 31.2 Å². The third kappa shape index (κ3) is 4.65. The van der Waals surface area contributed by atoms with Crippen LogP contribution in [-0.2, 0) is 21.2 Å². The molecule has 1 fully saturated rings. The third-order valence-electron chi connectivity index (χ3n) is 6.41. The molecule has 2 aromatic rings. The minimum Gasteiger partial charge on any atom is -0.481 e. The molecule has 0 aromatic heterocycles. The van der Waals surface area contributed by atoms with Crippen LogP contribution >= 0.6 is 0 Å². The second-order valence-corrected chi connectivity index (χ2v) is 10.4. The zero-order valence-electron chi connectivity index (χ0n) is 17.9. The lowest BCUT2D eigenvalue weighted by molar-refractivity contribution is -0.142. The van der Waals surface area contributed by atoms with Crippen molar-refractivity contribution in [1.82, 2.24) is 5.32 Å². The molecule has 0 unspecified atom stereocenters. The van der Waals surface area contributed by atoms with Gasteiger partial charge in [-0.15, -0.1) is 0 Å². The Morgan fingerprint density at radius 1 is 0.969 bits per heavy atom. The predicted molar refractivity (Wildman–Crippen MR) is 121 cm³/mol. The highest BCUT2D eigenvalue weighted by Crippen LogP contribution is 2.32. The van der Waals surface area contributed by atoms with E-state index >= 15 is 0 Å². The van der Waals surface area contributed by atoms with E-state index in [0.29, 0.717) is 31.5 Å². The van der Waals surface area contributed by atoms with E-state index in [2.05, 4.69) is 5.32 Å². The molecule has 4 rings (SSSR count). The number of fused-ring (bicyclic) bond motifs is 1. The van der Waals surface area contributed by atoms with Crippen LogP contribution in [0.2, 0.25) is 0 Å². The highest BCUT2D eigenvalue weighted by atomic mass is 32.2. The first-order valence-corrected chi connectivity index (χ1v) is 12.5. The van der Waals surface area contributed by atoms with E-state index in [1.54, 1.807) is 12.1 Å². The number of nitrogens with zero attached hydrogens (tertiary/aromatic N) is 1. The zero-order chi connectivity index (χ0) is 22.7. The number of aryl methyl sites for hydroxylation is 1. The second-order valence-electron chi connectivity index (χ2n) is 8.55. The number of sulfonamides is 1. The summed E-state index contributed by atoms with van der Waals surface area (Å²) in [6.07, 6.45) is 4.80. The molecular formula is C24H28N2O5S. The average molecular weight is 457 g/mol. The van der Waals surface area contributed by atoms with Gasteiger partial charge < -0.3 is 10.4 Å². The van der Waals surface area contributed by atoms with Gasteiger partial charge in [0.2, 0.25) is 0 Å². The van der Waals surface area contributed by atoms with Crippen molar-refractivity contribution in [3.05, 3.63) is 59.7 Å². The van der Waals surface area contributed by atoms with Crippen LogP contribution in [0, 0.1) is 5.92 Å². The van der Waals surface area contributed by atoms with Crippen molar-refractivity contribution < 1.29 is 23.1 Å². The van der Waals surface area contributed by atoms with Crippen molar-refractivity contribution in [2.24, 2.45) is 5.92 Å². The Balaban J connectivity index is 1.51. The maximum Gasteiger partial charge on any atom is 0.306 e. The number of hydrogen-bond acceptors (Lipinski definition) is 4. The summed E-state index contributed by atoms with van der Waals surface area (Å²) >= 11 is 0. The molecule has 32 heavy (non-hydrogen) atoms. The fourth-order valence-corrected chi connectivity index (χ4v) is 6.22. The minimum atomic E-state index is -3.80. The molecule has 1 saturated carbocycles. The predicted octanol–water partition coefficient (Wildman–Crippen LogP) is 3.59. The molecule has 1 aliphatic heterocycles. The van der Waals surface area contributed by atoms with E-state index in [-0.39, 0.29) is 28.3 Å². The second kappa shape index (κ2) is 9.32. The number of amides is 1. The van der Waals surface area contributed by atoms with Crippen LogP contribution in [0.3, 0.4) is 0 Å². The fraction of sp³-hybridized carbons (Fsp3) is 0.417. The molecule has 2 N–H and O–H groups in total. The standard InChI is InChI=1S/C24H28N2O5S/c27-23(25-20-10-3-7-18(13-14-20)24(28)29)19-8-4-11-21(16-19)32(30,31)26-15-5-9-17-6-1-2-12-22(17)26/h1-2,4,6,8,11-12,16,18,20H,3,5,7,9-10,13-15H2,(H,25,27)(H,28,29)/t18-,20-/m1/s1. The molecule has 8 heteroatoms. The number of carbonyl (C=O) groups is 2. The van der Waals surface area contributed by atoms with Crippen LogP contribution in [0.25, 0.3) is 0 Å². The first-order chi connectivity index (χ1) is 15.4. The smallest absolute Gasteiger partial charge is 0.306 e. The average Bonchev–Trinajstić information content (AvgIpc) is 3.04. The summed E-state index contributed by atoms with van der Waals surface area (Å²) in [6, 6.07) is 13.5. The molecule has 1 amide bonds. The fourth-order valence-electron chi connectivity index (χ4n) is 4.64. The van der Waals surface area contributed by atoms with Crippen molar-refractivity contribution in [2.75, 3.05) is 10.8 Å². The summed E-state index contributed by atoms with van der Waals surface area (Å²) in [5.41, 5.74) is 1.99. The summed E-state index contributed by atoms with van der Waals surface area (Å²) in [5, 5.41) is 12.2. The van der Waals surface area contributed by atoms with Gasteiger partial charge >= 0.3 is 5.97 Å². The highest BCUT2D eigenvalue weighted by molar-refractivity contribution is 7.92. The van der Waals surface area contributed by atoms with Gasteiger partial charge in [0.05, 0.1) is 16.5 Å². The number of aliphatic carboxylic acids is 1. The topological polar surface area (TPSA) is 104 Å². The summed E-state index contributed by atoms with van der Waals surface area (Å²) < 4.78 is 28.2. The Bertz CT molecular complexity index is 1110. The van der Waals surface area contributed by atoms with Crippen molar-refractivity contribution >= 4 is 27.6 Å². The SMILES string of the molecule is O=C(N[C@@H]1CCC[C@@H](C(=O)O)CC1)c1cccc(S(=O)(=O)N2CCCc3ccccc32)c1. The molecule has 2 aromatic carbocycles. The van der Waals surface area contributed by atoms with Crippen LogP contribution in [-0.4, -0.2) is 38.0 Å². The number of carboxylic acids is 1. The maximum absolute atomic E-state index is 13.4. The summed E-state index contributed by atoms with van der Waals surface area (Å²) in [5.74, 6) is -1.48. The van der Waals surface area contributed by atoms with Gasteiger partial charge in [0.25, 0.3) is 15.9 Å². The number of para-hydroxylation sites is 1. The Kier molecular flexibility index (Phi) is 6.50. The molecule has 2 aliphatic rings. The van der Waals surface area contributed by atoms with E-state index in [1.165, 1.54) is 16.4 Å². The van der Waals surface area contributed by atoms with Gasteiger partial charge in [-0.2, -0.15) is 0 Å². The number of benzene rings is 2. The largest absolute Gasteiger partial charge is 0.481 e. The maximum atomic E-state index is 13.4. The number of rotatable bonds is 5. The van der Waals surface area contributed by atoms with Gasteiger partial charge in [-0.1, -0.05) is 30.7 Å². The number of carboxylic acid groups (broad SMARTS) is 1. The van der Waals surface area contributed by atoms with Crippen LogP contribution < -0.4 is 9.62 Å². The molecule has 7 nitrogen and oxygen atoms in total. The van der Waals surface area contributed by atoms with Crippen molar-refractivity contribution in [1.29, 1.82) is 0 Å². The Morgan fingerprint density at radius 3 is 2.59 bits per heavy atom. The molecular weight excluding hydrogens is 428 g/mol. The van der Waals surface area contributed by atoms with Gasteiger partial charge in [0.15, 0.2) is 0 Å². The van der Waals surface area contributed by atoms with Crippen molar-refractivity contribution in [3.8, 4) is 0 Å². The third-order valence-corrected chi connectivity index (χ3v) is 8.21. The minimum absolute atomic E-state index is 0.0914. The van der Waals surface area contributed by atoms with E-state index < -0.39 is 16.0 Å². The molecule has 170 valence electrons. The quantitative estimate of drug-likeness (QED) is 0.669. The molecule has 0 bridgehead atoms. The molecule has 0 spiro atoms. The first-order valence-electron chi connectivity index (χ1n) is 11.1. The number of anilines is 1. The van der Waals surface area contributed by atoms with Crippen molar-refractivity contribution in [2.45, 2.75) is 55.9 Å². The van der Waals surface area contributed by atoms with Gasteiger partial charge in [0, 0.05) is 18.2 Å². The number of carbonyl (C=O) groups excluding carboxylic acids is 1. The van der Waals surface area contributed by atoms with Crippen LogP contribution in [0.5, 0.6) is 0 Å². The van der Waals surface area contributed by atoms with E-state index in [9.17, 15) is 23.1 Å². The lowest BCUT2D eigenvalue weighted by atomic mass is 10.0. The molecule has 1 aliphatic carbocycles. The first kappa shape index (κ1) is 22.3.